The van der Waals surface area contributed by atoms with Crippen LogP contribution in [0.1, 0.15) is 22.3 Å². The number of anilines is 1. The summed E-state index contributed by atoms with van der Waals surface area (Å²) in [5.74, 6) is -1.31. The highest BCUT2D eigenvalue weighted by Crippen LogP contribution is 2.14. The average molecular weight is 395 g/mol. The second-order valence-corrected chi connectivity index (χ2v) is 6.55. The molecule has 0 bridgehead atoms. The third-order valence-corrected chi connectivity index (χ3v) is 4.55. The molecule has 1 aliphatic rings. The first-order valence-electron chi connectivity index (χ1n) is 9.12. The maximum Gasteiger partial charge on any atom is 0.337 e. The van der Waals surface area contributed by atoms with Crippen molar-refractivity contribution in [2.24, 2.45) is 0 Å². The zero-order valence-electron chi connectivity index (χ0n) is 15.9. The van der Waals surface area contributed by atoms with Gasteiger partial charge < -0.3 is 15.4 Å². The zero-order valence-corrected chi connectivity index (χ0v) is 15.9. The Bertz CT molecular complexity index is 912. The maximum absolute atomic E-state index is 12.5. The van der Waals surface area contributed by atoms with Crippen molar-refractivity contribution in [3.8, 4) is 0 Å². The molecule has 2 aromatic rings. The van der Waals surface area contributed by atoms with Crippen molar-refractivity contribution in [2.75, 3.05) is 19.0 Å². The Labute approximate surface area is 167 Å². The molecular formula is C21H21N3O5. The lowest BCUT2D eigenvalue weighted by Gasteiger charge is -2.13. The molecule has 0 unspecified atom stereocenters. The van der Waals surface area contributed by atoms with Gasteiger partial charge in [0.25, 0.3) is 5.91 Å². The summed E-state index contributed by atoms with van der Waals surface area (Å²) in [5.41, 5.74) is 1.85. The molecule has 2 aromatic carbocycles. The molecule has 0 spiro atoms. The summed E-state index contributed by atoms with van der Waals surface area (Å²) in [6.07, 6.45) is 0.372. The number of hydrogen-bond acceptors (Lipinski definition) is 5. The summed E-state index contributed by atoms with van der Waals surface area (Å²) in [7, 11) is 1.29. The molecule has 29 heavy (non-hydrogen) atoms. The minimum absolute atomic E-state index is 0.175. The lowest BCUT2D eigenvalue weighted by atomic mass is 10.1. The number of benzene rings is 2. The van der Waals surface area contributed by atoms with Crippen LogP contribution in [0.2, 0.25) is 0 Å². The van der Waals surface area contributed by atoms with Crippen molar-refractivity contribution in [1.29, 1.82) is 0 Å². The number of urea groups is 1. The molecule has 3 rings (SSSR count). The van der Waals surface area contributed by atoms with Gasteiger partial charge in [-0.05, 0) is 36.2 Å². The van der Waals surface area contributed by atoms with E-state index in [-0.39, 0.29) is 13.0 Å². The van der Waals surface area contributed by atoms with E-state index in [1.165, 1.54) is 19.2 Å². The highest BCUT2D eigenvalue weighted by atomic mass is 16.5. The molecule has 4 amide bonds. The lowest BCUT2D eigenvalue weighted by Crippen LogP contribution is -2.34. The van der Waals surface area contributed by atoms with Crippen LogP contribution in [0, 0.1) is 0 Å². The Hall–Kier alpha value is -3.68. The van der Waals surface area contributed by atoms with E-state index in [1.807, 2.05) is 30.3 Å². The van der Waals surface area contributed by atoms with Crippen LogP contribution in [0.5, 0.6) is 0 Å². The number of imide groups is 1. The predicted molar refractivity (Wildman–Crippen MR) is 105 cm³/mol. The third-order valence-electron chi connectivity index (χ3n) is 4.55. The molecule has 0 aromatic heterocycles. The van der Waals surface area contributed by atoms with Gasteiger partial charge in [-0.3, -0.25) is 14.5 Å². The summed E-state index contributed by atoms with van der Waals surface area (Å²) in [6.45, 7) is 0.252. The Kier molecular flexibility index (Phi) is 6.23. The van der Waals surface area contributed by atoms with Gasteiger partial charge in [-0.15, -0.1) is 0 Å². The summed E-state index contributed by atoms with van der Waals surface area (Å²) in [4.78, 5) is 49.4. The largest absolute Gasteiger partial charge is 0.465 e. The highest BCUT2D eigenvalue weighted by Gasteiger charge is 2.38. The number of carbonyl (C=O) groups excluding carboxylic acids is 4. The van der Waals surface area contributed by atoms with E-state index >= 15 is 0 Å². The van der Waals surface area contributed by atoms with Gasteiger partial charge >= 0.3 is 12.0 Å². The quantitative estimate of drug-likeness (QED) is 0.551. The minimum atomic E-state index is -0.896. The number of esters is 1. The Morgan fingerprint density at radius 2 is 1.76 bits per heavy atom. The fourth-order valence-electron chi connectivity index (χ4n) is 3.02. The van der Waals surface area contributed by atoms with E-state index < -0.39 is 29.9 Å². The number of ether oxygens (including phenoxy) is 1. The highest BCUT2D eigenvalue weighted by molar-refractivity contribution is 6.07. The first-order chi connectivity index (χ1) is 14.0. The Balaban J connectivity index is 1.53. The fourth-order valence-corrected chi connectivity index (χ4v) is 3.02. The molecule has 150 valence electrons. The molecular weight excluding hydrogens is 374 g/mol. The van der Waals surface area contributed by atoms with E-state index in [9.17, 15) is 19.2 Å². The van der Waals surface area contributed by atoms with Crippen LogP contribution in [0.3, 0.4) is 0 Å². The van der Waals surface area contributed by atoms with Crippen molar-refractivity contribution >= 4 is 29.5 Å². The van der Waals surface area contributed by atoms with Crippen LogP contribution >= 0.6 is 0 Å². The van der Waals surface area contributed by atoms with E-state index in [2.05, 4.69) is 15.4 Å². The van der Waals surface area contributed by atoms with Crippen molar-refractivity contribution in [3.63, 3.8) is 0 Å². The number of methoxy groups -OCH3 is 1. The smallest absolute Gasteiger partial charge is 0.337 e. The van der Waals surface area contributed by atoms with Crippen LogP contribution in [-0.4, -0.2) is 48.4 Å². The molecule has 0 radical (unpaired) electrons. The molecule has 1 aliphatic heterocycles. The topological polar surface area (TPSA) is 105 Å². The van der Waals surface area contributed by atoms with Gasteiger partial charge in [-0.25, -0.2) is 9.59 Å². The van der Waals surface area contributed by atoms with E-state index in [0.717, 1.165) is 10.5 Å². The van der Waals surface area contributed by atoms with Crippen LogP contribution in [0.15, 0.2) is 54.6 Å². The van der Waals surface area contributed by atoms with Crippen LogP contribution in [0.25, 0.3) is 0 Å². The molecule has 8 heteroatoms. The van der Waals surface area contributed by atoms with Crippen LogP contribution in [-0.2, 0) is 20.7 Å². The van der Waals surface area contributed by atoms with Crippen molar-refractivity contribution in [1.82, 2.24) is 10.2 Å². The number of nitrogens with zero attached hydrogens (tertiary/aromatic N) is 1. The van der Waals surface area contributed by atoms with Crippen molar-refractivity contribution < 1.29 is 23.9 Å². The number of carbonyl (C=O) groups is 4. The first kappa shape index (κ1) is 20.1. The van der Waals surface area contributed by atoms with Crippen LogP contribution < -0.4 is 10.6 Å². The molecule has 1 fully saturated rings. The normalized spacial score (nSPS) is 15.8. The number of nitrogens with one attached hydrogen (secondary N) is 2. The standard InChI is InChI=1S/C21H21N3O5/c1-29-20(27)15-7-9-16(10-8-15)22-18(25)13-17-19(26)24(21(28)23-17)12-11-14-5-3-2-4-6-14/h2-10,17H,11-13H2,1H3,(H,22,25)(H,23,28)/t17-/m1/s1. The molecule has 0 aliphatic carbocycles. The van der Waals surface area contributed by atoms with Gasteiger partial charge in [-0.1, -0.05) is 30.3 Å². The van der Waals surface area contributed by atoms with E-state index in [4.69, 9.17) is 0 Å². The predicted octanol–water partition coefficient (Wildman–Crippen LogP) is 1.96. The third kappa shape index (κ3) is 4.98. The summed E-state index contributed by atoms with van der Waals surface area (Å²) < 4.78 is 4.62. The zero-order chi connectivity index (χ0) is 20.8. The molecule has 1 atom stereocenters. The Morgan fingerprint density at radius 1 is 1.07 bits per heavy atom. The number of rotatable bonds is 7. The lowest BCUT2D eigenvalue weighted by molar-refractivity contribution is -0.129. The van der Waals surface area contributed by atoms with Gasteiger partial charge in [0.05, 0.1) is 19.1 Å². The fraction of sp³-hybridized carbons (Fsp3) is 0.238. The molecule has 2 N–H and O–H groups in total. The summed E-state index contributed by atoms with van der Waals surface area (Å²) >= 11 is 0. The molecule has 8 nitrogen and oxygen atoms in total. The van der Waals surface area contributed by atoms with Gasteiger partial charge in [0.15, 0.2) is 0 Å². The van der Waals surface area contributed by atoms with Crippen molar-refractivity contribution in [2.45, 2.75) is 18.9 Å². The van der Waals surface area contributed by atoms with E-state index in [1.54, 1.807) is 12.1 Å². The monoisotopic (exact) mass is 395 g/mol. The average Bonchev–Trinajstić information content (AvgIpc) is 2.99. The van der Waals surface area contributed by atoms with Gasteiger partial charge in [0.1, 0.15) is 6.04 Å². The first-order valence-corrected chi connectivity index (χ1v) is 9.12. The molecule has 0 saturated carbocycles. The Morgan fingerprint density at radius 3 is 2.41 bits per heavy atom. The number of hydrogen-bond donors (Lipinski definition) is 2. The second-order valence-electron chi connectivity index (χ2n) is 6.55. The van der Waals surface area contributed by atoms with Gasteiger partial charge in [0.2, 0.25) is 5.91 Å². The number of amides is 4. The van der Waals surface area contributed by atoms with E-state index in [0.29, 0.717) is 17.7 Å². The van der Waals surface area contributed by atoms with Gasteiger partial charge in [0, 0.05) is 12.2 Å². The molecule has 1 heterocycles. The second kappa shape index (κ2) is 9.01. The minimum Gasteiger partial charge on any atom is -0.465 e. The molecule has 1 saturated heterocycles. The van der Waals surface area contributed by atoms with Gasteiger partial charge in [-0.2, -0.15) is 0 Å². The summed E-state index contributed by atoms with van der Waals surface area (Å²) in [6, 6.07) is 14.3. The van der Waals surface area contributed by atoms with Crippen LogP contribution in [0.4, 0.5) is 10.5 Å². The van der Waals surface area contributed by atoms with Crippen molar-refractivity contribution in [3.05, 3.63) is 65.7 Å². The summed E-state index contributed by atoms with van der Waals surface area (Å²) in [5, 5.41) is 5.20. The SMILES string of the molecule is COC(=O)c1ccc(NC(=O)C[C@H]2NC(=O)N(CCc3ccccc3)C2=O)cc1. The maximum atomic E-state index is 12.5.